The molecule has 0 atom stereocenters. The van der Waals surface area contributed by atoms with Gasteiger partial charge in [-0.25, -0.2) is 13.1 Å². The molecule has 0 fully saturated rings. The smallest absolute Gasteiger partial charge is 0.497 e. The van der Waals surface area contributed by atoms with Gasteiger partial charge in [0.1, 0.15) is 11.5 Å². The zero-order valence-electron chi connectivity index (χ0n) is 16.7. The summed E-state index contributed by atoms with van der Waals surface area (Å²) >= 11 is 0. The molecule has 13 heteroatoms. The van der Waals surface area contributed by atoms with Gasteiger partial charge in [-0.1, -0.05) is 12.1 Å². The molecule has 2 aromatic carbocycles. The first kappa shape index (κ1) is 24.9. The highest BCUT2D eigenvalue weighted by molar-refractivity contribution is 7.89. The number of benzene rings is 2. The topological polar surface area (TPSA) is 123 Å². The fourth-order valence-corrected chi connectivity index (χ4v) is 3.41. The number of ether oxygens (including phenoxy) is 2. The zero-order chi connectivity index (χ0) is 23.8. The molecule has 0 spiro atoms. The van der Waals surface area contributed by atoms with E-state index in [1.165, 1.54) is 7.11 Å². The average molecular weight is 475 g/mol. The van der Waals surface area contributed by atoms with Crippen LogP contribution in [-0.2, 0) is 26.0 Å². The van der Waals surface area contributed by atoms with Gasteiger partial charge in [-0.3, -0.25) is 20.4 Å². The first-order valence-corrected chi connectivity index (χ1v) is 10.5. The molecule has 0 saturated heterocycles. The van der Waals surface area contributed by atoms with Crippen molar-refractivity contribution in [3.8, 4) is 11.5 Å². The van der Waals surface area contributed by atoms with E-state index in [1.54, 1.807) is 24.3 Å². The Morgan fingerprint density at radius 1 is 0.906 bits per heavy atom. The number of halogens is 3. The van der Waals surface area contributed by atoms with Gasteiger partial charge < -0.3 is 9.47 Å². The van der Waals surface area contributed by atoms with Gasteiger partial charge in [0.15, 0.2) is 0 Å². The molecule has 32 heavy (non-hydrogen) atoms. The molecular weight excluding hydrogens is 455 g/mol. The van der Waals surface area contributed by atoms with Gasteiger partial charge >= 0.3 is 6.36 Å². The Labute approximate surface area is 181 Å². The van der Waals surface area contributed by atoms with Gasteiger partial charge in [-0.05, 0) is 42.0 Å². The zero-order valence-corrected chi connectivity index (χ0v) is 17.5. The Balaban J connectivity index is 1.74. The molecule has 9 nitrogen and oxygen atoms in total. The number of methoxy groups -OCH3 is 1. The number of sulfonamides is 1. The summed E-state index contributed by atoms with van der Waals surface area (Å²) in [6.45, 7) is -0.302. The Morgan fingerprint density at radius 2 is 1.47 bits per heavy atom. The molecule has 0 aliphatic heterocycles. The lowest BCUT2D eigenvalue weighted by Gasteiger charge is -2.10. The number of hydrogen-bond acceptors (Lipinski definition) is 6. The van der Waals surface area contributed by atoms with Crippen molar-refractivity contribution in [2.45, 2.75) is 24.1 Å². The normalized spacial score (nSPS) is 11.5. The van der Waals surface area contributed by atoms with Crippen LogP contribution in [0.25, 0.3) is 0 Å². The largest absolute Gasteiger partial charge is 0.573 e. The summed E-state index contributed by atoms with van der Waals surface area (Å²) < 4.78 is 71.5. The molecule has 0 aliphatic carbocycles. The predicted molar refractivity (Wildman–Crippen MR) is 106 cm³/mol. The van der Waals surface area contributed by atoms with E-state index >= 15 is 0 Å². The second kappa shape index (κ2) is 10.8. The molecule has 174 valence electrons. The van der Waals surface area contributed by atoms with Gasteiger partial charge in [0.25, 0.3) is 0 Å². The summed E-state index contributed by atoms with van der Waals surface area (Å²) in [6.07, 6.45) is -5.18. The fourth-order valence-electron chi connectivity index (χ4n) is 2.38. The van der Waals surface area contributed by atoms with E-state index in [-0.39, 0.29) is 24.3 Å². The summed E-state index contributed by atoms with van der Waals surface area (Å²) in [5, 5.41) is 0. The van der Waals surface area contributed by atoms with Crippen LogP contribution in [0.4, 0.5) is 13.2 Å². The van der Waals surface area contributed by atoms with Crippen LogP contribution in [0.15, 0.2) is 53.4 Å². The summed E-state index contributed by atoms with van der Waals surface area (Å²) in [4.78, 5) is 23.3. The van der Waals surface area contributed by atoms with Crippen molar-refractivity contribution in [3.05, 3.63) is 54.1 Å². The second-order valence-electron chi connectivity index (χ2n) is 6.29. The number of amides is 2. The number of hydrogen-bond donors (Lipinski definition) is 3. The molecule has 0 radical (unpaired) electrons. The lowest BCUT2D eigenvalue weighted by atomic mass is 10.1. The molecule has 0 aromatic heterocycles. The van der Waals surface area contributed by atoms with E-state index in [0.717, 1.165) is 24.3 Å². The summed E-state index contributed by atoms with van der Waals surface area (Å²) in [7, 11) is -2.54. The SMILES string of the molecule is COc1ccc(CC(=O)NNC(=O)CCNS(=O)(=O)c2ccc(OC(F)(F)F)cc2)cc1. The third-order valence-electron chi connectivity index (χ3n) is 3.88. The minimum atomic E-state index is -4.89. The van der Waals surface area contributed by atoms with Gasteiger partial charge in [0.05, 0.1) is 18.4 Å². The number of carbonyl (C=O) groups is 2. The molecule has 0 unspecified atom stereocenters. The van der Waals surface area contributed by atoms with Crippen LogP contribution < -0.4 is 25.0 Å². The lowest BCUT2D eigenvalue weighted by molar-refractivity contribution is -0.274. The van der Waals surface area contributed by atoms with Crippen LogP contribution in [0.2, 0.25) is 0 Å². The minimum Gasteiger partial charge on any atom is -0.497 e. The van der Waals surface area contributed by atoms with Crippen molar-refractivity contribution in [1.82, 2.24) is 15.6 Å². The minimum absolute atomic E-state index is 0.00491. The highest BCUT2D eigenvalue weighted by Gasteiger charge is 2.31. The molecule has 2 aromatic rings. The predicted octanol–water partition coefficient (Wildman–Crippen LogP) is 1.65. The molecule has 2 amide bonds. The van der Waals surface area contributed by atoms with Crippen molar-refractivity contribution in [3.63, 3.8) is 0 Å². The summed E-state index contributed by atoms with van der Waals surface area (Å²) in [6, 6.07) is 10.3. The first-order valence-electron chi connectivity index (χ1n) is 9.04. The fraction of sp³-hybridized carbons (Fsp3) is 0.263. The van der Waals surface area contributed by atoms with E-state index in [9.17, 15) is 31.2 Å². The quantitative estimate of drug-likeness (QED) is 0.474. The molecular formula is C19H20F3N3O6S. The average Bonchev–Trinajstić information content (AvgIpc) is 2.72. The van der Waals surface area contributed by atoms with Crippen molar-refractivity contribution in [1.29, 1.82) is 0 Å². The Morgan fingerprint density at radius 3 is 2.03 bits per heavy atom. The van der Waals surface area contributed by atoms with Gasteiger partial charge in [-0.15, -0.1) is 13.2 Å². The molecule has 0 bridgehead atoms. The lowest BCUT2D eigenvalue weighted by Crippen LogP contribution is -2.43. The van der Waals surface area contributed by atoms with E-state index < -0.39 is 33.9 Å². The van der Waals surface area contributed by atoms with Crippen LogP contribution in [0, 0.1) is 0 Å². The highest BCUT2D eigenvalue weighted by Crippen LogP contribution is 2.23. The maximum absolute atomic E-state index is 12.1. The third-order valence-corrected chi connectivity index (χ3v) is 5.35. The molecule has 0 saturated carbocycles. The van der Waals surface area contributed by atoms with E-state index in [0.29, 0.717) is 11.3 Å². The van der Waals surface area contributed by atoms with Crippen LogP contribution in [0.5, 0.6) is 11.5 Å². The molecule has 0 heterocycles. The van der Waals surface area contributed by atoms with E-state index in [2.05, 4.69) is 20.3 Å². The van der Waals surface area contributed by atoms with Crippen molar-refractivity contribution in [2.24, 2.45) is 0 Å². The van der Waals surface area contributed by atoms with Crippen LogP contribution >= 0.6 is 0 Å². The maximum Gasteiger partial charge on any atom is 0.573 e. The summed E-state index contributed by atoms with van der Waals surface area (Å²) in [5.41, 5.74) is 5.06. The van der Waals surface area contributed by atoms with Crippen LogP contribution in [-0.4, -0.2) is 40.2 Å². The number of carbonyl (C=O) groups excluding carboxylic acids is 2. The van der Waals surface area contributed by atoms with Gasteiger partial charge in [0.2, 0.25) is 21.8 Å². The van der Waals surface area contributed by atoms with Crippen molar-refractivity contribution in [2.75, 3.05) is 13.7 Å². The van der Waals surface area contributed by atoms with E-state index in [1.807, 2.05) is 0 Å². The van der Waals surface area contributed by atoms with Crippen molar-refractivity contribution < 1.29 is 40.7 Å². The first-order chi connectivity index (χ1) is 15.0. The Bertz CT molecular complexity index is 1030. The Kier molecular flexibility index (Phi) is 8.43. The highest BCUT2D eigenvalue weighted by atomic mass is 32.2. The van der Waals surface area contributed by atoms with Gasteiger partial charge in [-0.2, -0.15) is 0 Å². The number of nitrogens with one attached hydrogen (secondary N) is 3. The second-order valence-corrected chi connectivity index (χ2v) is 8.06. The third kappa shape index (κ3) is 8.43. The number of alkyl halides is 3. The van der Waals surface area contributed by atoms with E-state index in [4.69, 9.17) is 4.74 Å². The molecule has 0 aliphatic rings. The maximum atomic E-state index is 12.1. The molecule has 2 rings (SSSR count). The number of rotatable bonds is 9. The van der Waals surface area contributed by atoms with Crippen molar-refractivity contribution >= 4 is 21.8 Å². The monoisotopic (exact) mass is 475 g/mol. The molecule has 3 N–H and O–H groups in total. The van der Waals surface area contributed by atoms with Crippen LogP contribution in [0.3, 0.4) is 0 Å². The van der Waals surface area contributed by atoms with Crippen LogP contribution in [0.1, 0.15) is 12.0 Å². The van der Waals surface area contributed by atoms with Gasteiger partial charge in [0, 0.05) is 13.0 Å². The Hall–Kier alpha value is -3.32. The number of hydrazine groups is 1. The summed E-state index contributed by atoms with van der Waals surface area (Å²) in [5.74, 6) is -1.06. The standard InChI is InChI=1S/C19H20F3N3O6S/c1-30-14-4-2-13(3-5-14)12-18(27)25-24-17(26)10-11-23-32(28,29)16-8-6-15(7-9-16)31-19(20,21)22/h2-9,23H,10-12H2,1H3,(H,24,26)(H,25,27).